The van der Waals surface area contributed by atoms with Crippen molar-refractivity contribution in [3.8, 4) is 0 Å². The molecule has 0 aliphatic carbocycles. The molecule has 0 saturated heterocycles. The van der Waals surface area contributed by atoms with Gasteiger partial charge in [0.1, 0.15) is 0 Å². The zero-order valence-corrected chi connectivity index (χ0v) is 12.9. The maximum absolute atomic E-state index is 12.2. The minimum atomic E-state index is -0.0702. The number of nitrogens with one attached hydrogen (secondary N) is 1. The van der Waals surface area contributed by atoms with Crippen LogP contribution >= 0.6 is 11.6 Å². The van der Waals surface area contributed by atoms with Gasteiger partial charge in [-0.15, -0.1) is 11.6 Å². The molecule has 0 heterocycles. The van der Waals surface area contributed by atoms with E-state index in [0.29, 0.717) is 11.4 Å². The van der Waals surface area contributed by atoms with Crippen LogP contribution in [0.4, 0.5) is 0 Å². The highest BCUT2D eigenvalue weighted by Gasteiger charge is 2.13. The van der Waals surface area contributed by atoms with E-state index in [-0.39, 0.29) is 11.9 Å². The molecular formula is C18H20ClNO. The van der Waals surface area contributed by atoms with Gasteiger partial charge < -0.3 is 5.32 Å². The van der Waals surface area contributed by atoms with Crippen LogP contribution in [0, 0.1) is 0 Å². The highest BCUT2D eigenvalue weighted by atomic mass is 35.5. The molecule has 2 rings (SSSR count). The van der Waals surface area contributed by atoms with Crippen molar-refractivity contribution < 1.29 is 4.79 Å². The second kappa shape index (κ2) is 7.84. The fraction of sp³-hybridized carbons (Fsp3) is 0.278. The van der Waals surface area contributed by atoms with Gasteiger partial charge in [-0.3, -0.25) is 4.79 Å². The molecule has 1 unspecified atom stereocenters. The van der Waals surface area contributed by atoms with E-state index in [9.17, 15) is 4.79 Å². The average molecular weight is 302 g/mol. The molecule has 0 radical (unpaired) electrons. The molecule has 0 fully saturated rings. The summed E-state index contributed by atoms with van der Waals surface area (Å²) >= 11 is 5.98. The predicted molar refractivity (Wildman–Crippen MR) is 87.9 cm³/mol. The highest BCUT2D eigenvalue weighted by molar-refractivity contribution is 6.18. The van der Waals surface area contributed by atoms with Crippen LogP contribution in [-0.2, 0) is 12.8 Å². The monoisotopic (exact) mass is 301 g/mol. The molecule has 2 aromatic rings. The normalized spacial score (nSPS) is 11.9. The summed E-state index contributed by atoms with van der Waals surface area (Å²) in [5.41, 5.74) is 3.07. The van der Waals surface area contributed by atoms with E-state index in [4.69, 9.17) is 11.6 Å². The van der Waals surface area contributed by atoms with Crippen LogP contribution in [0.3, 0.4) is 0 Å². The van der Waals surface area contributed by atoms with Crippen molar-refractivity contribution >= 4 is 17.5 Å². The first-order valence-corrected chi connectivity index (χ1v) is 7.76. The van der Waals surface area contributed by atoms with E-state index >= 15 is 0 Å². The minimum Gasteiger partial charge on any atom is -0.348 e. The molecule has 1 atom stereocenters. The molecule has 2 nitrogen and oxygen atoms in total. The lowest BCUT2D eigenvalue weighted by Crippen LogP contribution is -2.37. The SMILES string of the molecule is CCc1ccc(C(=O)NC(CCl)Cc2ccccc2)cc1. The van der Waals surface area contributed by atoms with Crippen molar-refractivity contribution in [1.29, 1.82) is 0 Å². The lowest BCUT2D eigenvalue weighted by molar-refractivity contribution is 0.0940. The number of hydrogen-bond donors (Lipinski definition) is 1. The van der Waals surface area contributed by atoms with E-state index < -0.39 is 0 Å². The molecule has 110 valence electrons. The Balaban J connectivity index is 1.98. The predicted octanol–water partition coefficient (Wildman–Crippen LogP) is 3.83. The summed E-state index contributed by atoms with van der Waals surface area (Å²) in [6.45, 7) is 2.10. The number of aryl methyl sites for hydroxylation is 1. The van der Waals surface area contributed by atoms with Crippen LogP contribution in [0.25, 0.3) is 0 Å². The number of amides is 1. The third kappa shape index (κ3) is 4.61. The van der Waals surface area contributed by atoms with Crippen molar-refractivity contribution in [3.63, 3.8) is 0 Å². The first-order valence-electron chi connectivity index (χ1n) is 7.22. The molecule has 0 aliphatic rings. The first kappa shape index (κ1) is 15.6. The molecule has 1 amide bonds. The summed E-state index contributed by atoms with van der Waals surface area (Å²) in [7, 11) is 0. The van der Waals surface area contributed by atoms with Gasteiger partial charge >= 0.3 is 0 Å². The van der Waals surface area contributed by atoms with Crippen LogP contribution in [0.15, 0.2) is 54.6 Å². The Bertz CT molecular complexity index is 566. The van der Waals surface area contributed by atoms with Gasteiger partial charge in [-0.1, -0.05) is 49.4 Å². The molecule has 3 heteroatoms. The smallest absolute Gasteiger partial charge is 0.251 e. The van der Waals surface area contributed by atoms with Crippen molar-refractivity contribution in [3.05, 3.63) is 71.3 Å². The molecule has 1 N–H and O–H groups in total. The molecular weight excluding hydrogens is 282 g/mol. The van der Waals surface area contributed by atoms with Gasteiger partial charge in [-0.05, 0) is 36.1 Å². The molecule has 21 heavy (non-hydrogen) atoms. The van der Waals surface area contributed by atoms with E-state index in [0.717, 1.165) is 12.8 Å². The fourth-order valence-electron chi connectivity index (χ4n) is 2.20. The van der Waals surface area contributed by atoms with Crippen LogP contribution < -0.4 is 5.32 Å². The van der Waals surface area contributed by atoms with Crippen LogP contribution in [-0.4, -0.2) is 17.8 Å². The largest absolute Gasteiger partial charge is 0.348 e. The maximum Gasteiger partial charge on any atom is 0.251 e. The third-order valence-corrected chi connectivity index (χ3v) is 3.84. The van der Waals surface area contributed by atoms with Gasteiger partial charge in [-0.2, -0.15) is 0 Å². The van der Waals surface area contributed by atoms with Crippen LogP contribution in [0.2, 0.25) is 0 Å². The van der Waals surface area contributed by atoms with Crippen LogP contribution in [0.1, 0.15) is 28.4 Å². The van der Waals surface area contributed by atoms with Gasteiger partial charge in [-0.25, -0.2) is 0 Å². The van der Waals surface area contributed by atoms with Gasteiger partial charge in [0.25, 0.3) is 5.91 Å². The molecule has 0 bridgehead atoms. The molecule has 0 aromatic heterocycles. The summed E-state index contributed by atoms with van der Waals surface area (Å²) in [4.78, 5) is 12.2. The Kier molecular flexibility index (Phi) is 5.82. The van der Waals surface area contributed by atoms with Crippen molar-refractivity contribution in [1.82, 2.24) is 5.32 Å². The minimum absolute atomic E-state index is 0.0626. The number of benzene rings is 2. The third-order valence-electron chi connectivity index (χ3n) is 3.47. The molecule has 0 aliphatic heterocycles. The number of carbonyl (C=O) groups excluding carboxylic acids is 1. The fourth-order valence-corrected chi connectivity index (χ4v) is 2.39. The summed E-state index contributed by atoms with van der Waals surface area (Å²) < 4.78 is 0. The zero-order valence-electron chi connectivity index (χ0n) is 12.2. The summed E-state index contributed by atoms with van der Waals surface area (Å²) in [6.07, 6.45) is 1.71. The summed E-state index contributed by atoms with van der Waals surface area (Å²) in [5, 5.41) is 3.00. The Morgan fingerprint density at radius 1 is 1.05 bits per heavy atom. The topological polar surface area (TPSA) is 29.1 Å². The van der Waals surface area contributed by atoms with Gasteiger partial charge in [0.05, 0.1) is 0 Å². The lowest BCUT2D eigenvalue weighted by atomic mass is 10.1. The van der Waals surface area contributed by atoms with Crippen molar-refractivity contribution in [2.24, 2.45) is 0 Å². The zero-order chi connectivity index (χ0) is 15.1. The Morgan fingerprint density at radius 3 is 2.29 bits per heavy atom. The van der Waals surface area contributed by atoms with Crippen LogP contribution in [0.5, 0.6) is 0 Å². The Hall–Kier alpha value is -1.80. The lowest BCUT2D eigenvalue weighted by Gasteiger charge is -2.16. The summed E-state index contributed by atoms with van der Waals surface area (Å²) in [6, 6.07) is 17.7. The maximum atomic E-state index is 12.2. The van der Waals surface area contributed by atoms with Crippen molar-refractivity contribution in [2.75, 3.05) is 5.88 Å². The van der Waals surface area contributed by atoms with Gasteiger partial charge in [0.2, 0.25) is 0 Å². The van der Waals surface area contributed by atoms with Crippen molar-refractivity contribution in [2.45, 2.75) is 25.8 Å². The molecule has 0 saturated carbocycles. The average Bonchev–Trinajstić information content (AvgIpc) is 2.55. The standard InChI is InChI=1S/C18H20ClNO/c1-2-14-8-10-16(11-9-14)18(21)20-17(13-19)12-15-6-4-3-5-7-15/h3-11,17H,2,12-13H2,1H3,(H,20,21). The number of halogens is 1. The van der Waals surface area contributed by atoms with Gasteiger partial charge in [0, 0.05) is 17.5 Å². The molecule has 0 spiro atoms. The quantitative estimate of drug-likeness (QED) is 0.807. The second-order valence-corrected chi connectivity index (χ2v) is 5.37. The number of carbonyl (C=O) groups is 1. The Labute approximate surface area is 131 Å². The van der Waals surface area contributed by atoms with E-state index in [1.165, 1.54) is 11.1 Å². The van der Waals surface area contributed by atoms with Gasteiger partial charge in [0.15, 0.2) is 0 Å². The Morgan fingerprint density at radius 2 is 1.71 bits per heavy atom. The highest BCUT2D eigenvalue weighted by Crippen LogP contribution is 2.08. The number of hydrogen-bond acceptors (Lipinski definition) is 1. The van der Waals surface area contributed by atoms with E-state index in [1.54, 1.807) is 0 Å². The number of rotatable bonds is 6. The van der Waals surface area contributed by atoms with E-state index in [1.807, 2.05) is 54.6 Å². The molecule has 2 aromatic carbocycles. The first-order chi connectivity index (χ1) is 10.2. The summed E-state index contributed by atoms with van der Waals surface area (Å²) in [5.74, 6) is 0.326. The van der Waals surface area contributed by atoms with E-state index in [2.05, 4.69) is 12.2 Å². The number of alkyl halides is 1. The second-order valence-electron chi connectivity index (χ2n) is 5.06.